The van der Waals surface area contributed by atoms with E-state index in [1.165, 1.54) is 6.33 Å². The lowest BCUT2D eigenvalue weighted by molar-refractivity contribution is -0.117. The number of carbonyl (C=O) groups excluding carboxylic acids is 1. The van der Waals surface area contributed by atoms with Crippen molar-refractivity contribution in [1.82, 2.24) is 19.7 Å². The van der Waals surface area contributed by atoms with Gasteiger partial charge < -0.3 is 10.1 Å². The normalized spacial score (nSPS) is 12.0. The van der Waals surface area contributed by atoms with Crippen molar-refractivity contribution in [2.45, 2.75) is 13.0 Å². The summed E-state index contributed by atoms with van der Waals surface area (Å²) in [6.07, 6.45) is 3.17. The molecular weight excluding hydrogens is 342 g/mol. The van der Waals surface area contributed by atoms with Crippen LogP contribution in [0.4, 0.5) is 5.69 Å². The zero-order chi connectivity index (χ0) is 19.2. The van der Waals surface area contributed by atoms with Crippen molar-refractivity contribution in [3.05, 3.63) is 66.7 Å². The van der Waals surface area contributed by atoms with Gasteiger partial charge in [0.05, 0.1) is 19.3 Å². The van der Waals surface area contributed by atoms with Gasteiger partial charge in [-0.25, -0.2) is 9.67 Å². The second-order valence-corrected chi connectivity index (χ2v) is 6.30. The van der Waals surface area contributed by atoms with Crippen LogP contribution in [0.1, 0.15) is 18.5 Å². The van der Waals surface area contributed by atoms with Gasteiger partial charge in [0.1, 0.15) is 18.4 Å². The molecule has 0 aliphatic heterocycles. The summed E-state index contributed by atoms with van der Waals surface area (Å²) in [5, 5.41) is 7.02. The quantitative estimate of drug-likeness (QED) is 0.697. The largest absolute Gasteiger partial charge is 0.497 e. The molecule has 0 aliphatic rings. The number of amides is 1. The van der Waals surface area contributed by atoms with E-state index in [2.05, 4.69) is 22.3 Å². The van der Waals surface area contributed by atoms with E-state index in [-0.39, 0.29) is 18.5 Å². The van der Waals surface area contributed by atoms with Crippen LogP contribution in [0.25, 0.3) is 5.69 Å². The Labute approximate surface area is 158 Å². The lowest BCUT2D eigenvalue weighted by Gasteiger charge is -2.24. The summed E-state index contributed by atoms with van der Waals surface area (Å²) < 4.78 is 6.83. The van der Waals surface area contributed by atoms with Crippen LogP contribution in [-0.4, -0.2) is 46.3 Å². The van der Waals surface area contributed by atoms with Gasteiger partial charge in [0.2, 0.25) is 5.91 Å². The fourth-order valence-electron chi connectivity index (χ4n) is 2.74. The minimum absolute atomic E-state index is 0.0613. The molecule has 0 spiro atoms. The van der Waals surface area contributed by atoms with Gasteiger partial charge in [0.15, 0.2) is 0 Å². The third-order valence-corrected chi connectivity index (χ3v) is 4.49. The fourth-order valence-corrected chi connectivity index (χ4v) is 2.74. The van der Waals surface area contributed by atoms with Gasteiger partial charge in [-0.15, -0.1) is 0 Å². The molecule has 0 radical (unpaired) electrons. The number of benzene rings is 2. The Morgan fingerprint density at radius 2 is 1.89 bits per heavy atom. The molecule has 3 rings (SSSR count). The number of likely N-dealkylation sites (N-methyl/N-ethyl adjacent to an activating group) is 1. The number of ether oxygens (including phenoxy) is 1. The van der Waals surface area contributed by atoms with Gasteiger partial charge in [-0.05, 0) is 55.9 Å². The average Bonchev–Trinajstić information content (AvgIpc) is 3.23. The molecule has 1 aromatic heterocycles. The molecule has 0 bridgehead atoms. The summed E-state index contributed by atoms with van der Waals surface area (Å²) >= 11 is 0. The highest BCUT2D eigenvalue weighted by molar-refractivity contribution is 5.92. The summed E-state index contributed by atoms with van der Waals surface area (Å²) in [5.74, 6) is 0.696. The molecule has 7 nitrogen and oxygen atoms in total. The van der Waals surface area contributed by atoms with Gasteiger partial charge in [0.25, 0.3) is 0 Å². The zero-order valence-corrected chi connectivity index (χ0v) is 15.7. The Hall–Kier alpha value is -3.19. The Bertz CT molecular complexity index is 860. The first-order valence-electron chi connectivity index (χ1n) is 8.66. The zero-order valence-electron chi connectivity index (χ0n) is 15.7. The van der Waals surface area contributed by atoms with Crippen LogP contribution in [0.2, 0.25) is 0 Å². The molecule has 3 aromatic rings. The molecule has 1 atom stereocenters. The predicted molar refractivity (Wildman–Crippen MR) is 104 cm³/mol. The summed E-state index contributed by atoms with van der Waals surface area (Å²) in [5.41, 5.74) is 2.82. The molecule has 27 heavy (non-hydrogen) atoms. The van der Waals surface area contributed by atoms with E-state index in [1.807, 2.05) is 60.5 Å². The molecule has 1 amide bonds. The van der Waals surface area contributed by atoms with Crippen LogP contribution in [0.3, 0.4) is 0 Å². The van der Waals surface area contributed by atoms with Crippen molar-refractivity contribution in [2.75, 3.05) is 26.0 Å². The van der Waals surface area contributed by atoms with Gasteiger partial charge in [-0.3, -0.25) is 9.69 Å². The van der Waals surface area contributed by atoms with Crippen molar-refractivity contribution in [2.24, 2.45) is 0 Å². The van der Waals surface area contributed by atoms with Gasteiger partial charge in [-0.2, -0.15) is 5.10 Å². The molecule has 0 saturated heterocycles. The molecule has 0 fully saturated rings. The Morgan fingerprint density at radius 3 is 2.48 bits per heavy atom. The van der Waals surface area contributed by atoms with Crippen LogP contribution >= 0.6 is 0 Å². The highest BCUT2D eigenvalue weighted by atomic mass is 16.5. The monoisotopic (exact) mass is 365 g/mol. The van der Waals surface area contributed by atoms with Crippen LogP contribution in [-0.2, 0) is 4.79 Å². The Morgan fingerprint density at radius 1 is 1.19 bits per heavy atom. The number of rotatable bonds is 7. The van der Waals surface area contributed by atoms with E-state index in [1.54, 1.807) is 18.1 Å². The Kier molecular flexibility index (Phi) is 5.83. The standard InChI is InChI=1S/C20H23N5O2/c1-15(16-4-8-18(9-5-16)25-14-21-13-22-25)24(2)12-20(26)23-17-6-10-19(27-3)11-7-17/h4-11,13-15H,12H2,1-3H3,(H,23,26)/t15-/m0/s1. The molecule has 1 N–H and O–H groups in total. The van der Waals surface area contributed by atoms with E-state index in [0.717, 1.165) is 22.7 Å². The molecule has 2 aromatic carbocycles. The third-order valence-electron chi connectivity index (χ3n) is 4.49. The van der Waals surface area contributed by atoms with Crippen molar-refractivity contribution >= 4 is 11.6 Å². The first-order valence-corrected chi connectivity index (χ1v) is 8.66. The molecule has 7 heteroatoms. The minimum Gasteiger partial charge on any atom is -0.497 e. The summed E-state index contributed by atoms with van der Waals surface area (Å²) in [6.45, 7) is 2.36. The number of hydrogen-bond acceptors (Lipinski definition) is 5. The summed E-state index contributed by atoms with van der Waals surface area (Å²) in [7, 11) is 3.55. The predicted octanol–water partition coefficient (Wildman–Crippen LogP) is 2.91. The van der Waals surface area contributed by atoms with Gasteiger partial charge >= 0.3 is 0 Å². The van der Waals surface area contributed by atoms with Gasteiger partial charge in [0, 0.05) is 11.7 Å². The number of nitrogens with one attached hydrogen (secondary N) is 1. The van der Waals surface area contributed by atoms with Crippen LogP contribution in [0, 0.1) is 0 Å². The van der Waals surface area contributed by atoms with Crippen molar-refractivity contribution in [3.63, 3.8) is 0 Å². The van der Waals surface area contributed by atoms with E-state index in [9.17, 15) is 4.79 Å². The topological polar surface area (TPSA) is 72.3 Å². The maximum absolute atomic E-state index is 12.3. The van der Waals surface area contributed by atoms with E-state index in [0.29, 0.717) is 0 Å². The van der Waals surface area contributed by atoms with Crippen molar-refractivity contribution < 1.29 is 9.53 Å². The van der Waals surface area contributed by atoms with E-state index in [4.69, 9.17) is 4.74 Å². The molecule has 0 unspecified atom stereocenters. The van der Waals surface area contributed by atoms with E-state index < -0.39 is 0 Å². The number of methoxy groups -OCH3 is 1. The minimum atomic E-state index is -0.0613. The molecule has 1 heterocycles. The van der Waals surface area contributed by atoms with Crippen LogP contribution < -0.4 is 10.1 Å². The average molecular weight is 365 g/mol. The van der Waals surface area contributed by atoms with Crippen LogP contribution in [0.15, 0.2) is 61.2 Å². The van der Waals surface area contributed by atoms with Crippen molar-refractivity contribution in [3.8, 4) is 11.4 Å². The number of hydrogen-bond donors (Lipinski definition) is 1. The Balaban J connectivity index is 1.57. The molecule has 0 saturated carbocycles. The second-order valence-electron chi connectivity index (χ2n) is 6.30. The number of anilines is 1. The maximum Gasteiger partial charge on any atom is 0.238 e. The van der Waals surface area contributed by atoms with Gasteiger partial charge in [-0.1, -0.05) is 12.1 Å². The molecule has 140 valence electrons. The highest BCUT2D eigenvalue weighted by Crippen LogP contribution is 2.20. The van der Waals surface area contributed by atoms with Crippen molar-refractivity contribution in [1.29, 1.82) is 0 Å². The number of nitrogens with zero attached hydrogens (tertiary/aromatic N) is 4. The lowest BCUT2D eigenvalue weighted by Crippen LogP contribution is -2.32. The highest BCUT2D eigenvalue weighted by Gasteiger charge is 2.15. The third kappa shape index (κ3) is 4.71. The fraction of sp³-hybridized carbons (Fsp3) is 0.250. The van der Waals surface area contributed by atoms with Crippen LogP contribution in [0.5, 0.6) is 5.75 Å². The second kappa shape index (κ2) is 8.46. The number of aromatic nitrogens is 3. The first-order chi connectivity index (χ1) is 13.1. The smallest absolute Gasteiger partial charge is 0.238 e. The first kappa shape index (κ1) is 18.6. The summed E-state index contributed by atoms with van der Waals surface area (Å²) in [6, 6.07) is 15.4. The maximum atomic E-state index is 12.3. The molecule has 0 aliphatic carbocycles. The molecular formula is C20H23N5O2. The SMILES string of the molecule is COc1ccc(NC(=O)CN(C)[C@@H](C)c2ccc(-n3cncn3)cc2)cc1. The summed E-state index contributed by atoms with van der Waals surface area (Å²) in [4.78, 5) is 18.3. The number of carbonyl (C=O) groups is 1. The van der Waals surface area contributed by atoms with E-state index >= 15 is 0 Å². The lowest BCUT2D eigenvalue weighted by atomic mass is 10.1.